The van der Waals surface area contributed by atoms with Crippen molar-refractivity contribution >= 4 is 15.9 Å². The number of hydrogen-bond acceptors (Lipinski definition) is 3. The lowest BCUT2D eigenvalue weighted by molar-refractivity contribution is 0.350. The van der Waals surface area contributed by atoms with E-state index in [0.29, 0.717) is 0 Å². The van der Waals surface area contributed by atoms with E-state index >= 15 is 0 Å². The second kappa shape index (κ2) is 5.56. The van der Waals surface area contributed by atoms with Crippen molar-refractivity contribution in [2.24, 2.45) is 5.84 Å². The number of para-hydroxylation sites is 1. The summed E-state index contributed by atoms with van der Waals surface area (Å²) in [6.07, 6.45) is 0.968. The number of ether oxygens (including phenoxy) is 1. The van der Waals surface area contributed by atoms with Gasteiger partial charge in [-0.25, -0.2) is 5.43 Å². The predicted molar refractivity (Wildman–Crippen MR) is 83.7 cm³/mol. The molecular formula is C16H17BrN2O. The zero-order valence-corrected chi connectivity index (χ0v) is 12.9. The largest absolute Gasteiger partial charge is 0.493 e. The molecule has 3 N–H and O–H groups in total. The van der Waals surface area contributed by atoms with Crippen LogP contribution >= 0.6 is 15.9 Å². The summed E-state index contributed by atoms with van der Waals surface area (Å²) in [6.45, 7) is 2.83. The molecule has 20 heavy (non-hydrogen) atoms. The van der Waals surface area contributed by atoms with E-state index < -0.39 is 0 Å². The molecule has 0 saturated heterocycles. The molecule has 0 amide bonds. The number of rotatable bonds is 3. The molecule has 2 aromatic rings. The van der Waals surface area contributed by atoms with Crippen LogP contribution < -0.4 is 16.0 Å². The number of benzene rings is 2. The Balaban J connectivity index is 2.11. The van der Waals surface area contributed by atoms with E-state index in [-0.39, 0.29) is 6.04 Å². The molecule has 1 atom stereocenters. The number of fused-ring (bicyclic) bond motifs is 1. The van der Waals surface area contributed by atoms with E-state index in [1.807, 2.05) is 0 Å². The van der Waals surface area contributed by atoms with Crippen molar-refractivity contribution in [3.05, 3.63) is 63.1 Å². The number of aryl methyl sites for hydroxylation is 1. The highest BCUT2D eigenvalue weighted by molar-refractivity contribution is 9.10. The summed E-state index contributed by atoms with van der Waals surface area (Å²) in [7, 11) is 0. The van der Waals surface area contributed by atoms with Crippen molar-refractivity contribution in [1.82, 2.24) is 5.43 Å². The van der Waals surface area contributed by atoms with Crippen LogP contribution in [0.25, 0.3) is 0 Å². The zero-order chi connectivity index (χ0) is 14.1. The van der Waals surface area contributed by atoms with E-state index in [9.17, 15) is 0 Å². The molecule has 104 valence electrons. The van der Waals surface area contributed by atoms with E-state index in [4.69, 9.17) is 10.6 Å². The Morgan fingerprint density at radius 1 is 1.25 bits per heavy atom. The minimum atomic E-state index is -0.0858. The fourth-order valence-corrected chi connectivity index (χ4v) is 3.17. The molecule has 1 aliphatic heterocycles. The van der Waals surface area contributed by atoms with Crippen molar-refractivity contribution in [2.75, 3.05) is 6.61 Å². The fraction of sp³-hybridized carbons (Fsp3) is 0.250. The Morgan fingerprint density at radius 2 is 2.10 bits per heavy atom. The third-order valence-corrected chi connectivity index (χ3v) is 4.41. The average molecular weight is 333 g/mol. The molecule has 3 rings (SSSR count). The second-order valence-electron chi connectivity index (χ2n) is 5.06. The van der Waals surface area contributed by atoms with E-state index in [1.54, 1.807) is 0 Å². The van der Waals surface area contributed by atoms with Gasteiger partial charge in [-0.3, -0.25) is 5.84 Å². The summed E-state index contributed by atoms with van der Waals surface area (Å²) in [5, 5.41) is 0. The average Bonchev–Trinajstić information content (AvgIpc) is 2.92. The number of hydrazine groups is 1. The van der Waals surface area contributed by atoms with Crippen molar-refractivity contribution in [2.45, 2.75) is 19.4 Å². The Labute approximate surface area is 127 Å². The minimum absolute atomic E-state index is 0.0858. The monoisotopic (exact) mass is 332 g/mol. The van der Waals surface area contributed by atoms with Crippen LogP contribution in [0.1, 0.15) is 28.3 Å². The molecule has 1 unspecified atom stereocenters. The third-order valence-electron chi connectivity index (χ3n) is 3.69. The van der Waals surface area contributed by atoms with Gasteiger partial charge >= 0.3 is 0 Å². The lowest BCUT2D eigenvalue weighted by Gasteiger charge is -2.21. The third kappa shape index (κ3) is 2.35. The lowest BCUT2D eigenvalue weighted by Crippen LogP contribution is -2.29. The fourth-order valence-electron chi connectivity index (χ4n) is 2.70. The Hall–Kier alpha value is -1.36. The second-order valence-corrected chi connectivity index (χ2v) is 5.91. The normalized spacial score (nSPS) is 14.8. The summed E-state index contributed by atoms with van der Waals surface area (Å²) >= 11 is 3.61. The first-order valence-corrected chi connectivity index (χ1v) is 7.47. The van der Waals surface area contributed by atoms with Crippen LogP contribution in [-0.4, -0.2) is 6.61 Å². The number of nitrogens with one attached hydrogen (secondary N) is 1. The van der Waals surface area contributed by atoms with Gasteiger partial charge in [-0.15, -0.1) is 0 Å². The van der Waals surface area contributed by atoms with Crippen LogP contribution in [0.4, 0.5) is 0 Å². The van der Waals surface area contributed by atoms with Crippen molar-refractivity contribution in [1.29, 1.82) is 0 Å². The molecule has 4 heteroatoms. The quantitative estimate of drug-likeness (QED) is 0.670. The Bertz CT molecular complexity index is 642. The highest BCUT2D eigenvalue weighted by atomic mass is 79.9. The van der Waals surface area contributed by atoms with Crippen LogP contribution in [0.2, 0.25) is 0 Å². The van der Waals surface area contributed by atoms with Gasteiger partial charge in [0, 0.05) is 16.5 Å². The Morgan fingerprint density at radius 3 is 2.90 bits per heavy atom. The number of nitrogens with two attached hydrogens (primary N) is 1. The van der Waals surface area contributed by atoms with Crippen LogP contribution in [0.15, 0.2) is 40.9 Å². The van der Waals surface area contributed by atoms with Crippen molar-refractivity contribution in [3.63, 3.8) is 0 Å². The van der Waals surface area contributed by atoms with E-state index in [0.717, 1.165) is 34.4 Å². The maximum atomic E-state index is 5.82. The van der Waals surface area contributed by atoms with Gasteiger partial charge in [0.2, 0.25) is 0 Å². The molecule has 0 radical (unpaired) electrons. The van der Waals surface area contributed by atoms with Crippen LogP contribution in [0.5, 0.6) is 5.75 Å². The van der Waals surface area contributed by atoms with Gasteiger partial charge in [0.15, 0.2) is 0 Å². The van der Waals surface area contributed by atoms with Gasteiger partial charge in [-0.1, -0.05) is 51.8 Å². The lowest BCUT2D eigenvalue weighted by atomic mass is 9.95. The van der Waals surface area contributed by atoms with E-state index in [1.165, 1.54) is 11.1 Å². The first kappa shape index (κ1) is 13.6. The molecule has 0 spiro atoms. The Kier molecular flexibility index (Phi) is 3.78. The molecule has 0 bridgehead atoms. The number of halogens is 1. The molecule has 0 saturated carbocycles. The topological polar surface area (TPSA) is 47.3 Å². The summed E-state index contributed by atoms with van der Waals surface area (Å²) in [4.78, 5) is 0. The van der Waals surface area contributed by atoms with Crippen molar-refractivity contribution in [3.8, 4) is 5.75 Å². The standard InChI is InChI=1S/C16H17BrN2O/c1-10-5-6-14(17)13(9-10)15(19-18)12-4-2-3-11-7-8-20-16(11)12/h2-6,9,15,19H,7-8,18H2,1H3. The first-order chi connectivity index (χ1) is 9.70. The molecular weight excluding hydrogens is 316 g/mol. The molecule has 0 aliphatic carbocycles. The summed E-state index contributed by atoms with van der Waals surface area (Å²) in [5.41, 5.74) is 7.60. The SMILES string of the molecule is Cc1ccc(Br)c(C(NN)c2cccc3c2OCC3)c1. The highest BCUT2D eigenvalue weighted by Crippen LogP contribution is 2.38. The molecule has 0 fully saturated rings. The first-order valence-electron chi connectivity index (χ1n) is 6.67. The van der Waals surface area contributed by atoms with Gasteiger partial charge in [-0.05, 0) is 24.1 Å². The maximum absolute atomic E-state index is 5.82. The van der Waals surface area contributed by atoms with Gasteiger partial charge < -0.3 is 4.74 Å². The van der Waals surface area contributed by atoms with Crippen LogP contribution in [0, 0.1) is 6.92 Å². The minimum Gasteiger partial charge on any atom is -0.493 e. The smallest absolute Gasteiger partial charge is 0.127 e. The van der Waals surface area contributed by atoms with Crippen molar-refractivity contribution < 1.29 is 4.74 Å². The molecule has 1 heterocycles. The van der Waals surface area contributed by atoms with Gasteiger partial charge in [-0.2, -0.15) is 0 Å². The van der Waals surface area contributed by atoms with Gasteiger partial charge in [0.05, 0.1) is 12.6 Å². The molecule has 1 aliphatic rings. The van der Waals surface area contributed by atoms with Crippen LogP contribution in [-0.2, 0) is 6.42 Å². The maximum Gasteiger partial charge on any atom is 0.127 e. The molecule has 2 aromatic carbocycles. The summed E-state index contributed by atoms with van der Waals surface area (Å²) in [6, 6.07) is 12.4. The summed E-state index contributed by atoms with van der Waals surface area (Å²) < 4.78 is 6.84. The highest BCUT2D eigenvalue weighted by Gasteiger charge is 2.24. The summed E-state index contributed by atoms with van der Waals surface area (Å²) in [5.74, 6) is 6.80. The van der Waals surface area contributed by atoms with Gasteiger partial charge in [0.25, 0.3) is 0 Å². The molecule has 3 nitrogen and oxygen atoms in total. The van der Waals surface area contributed by atoms with Crippen LogP contribution in [0.3, 0.4) is 0 Å². The van der Waals surface area contributed by atoms with Gasteiger partial charge in [0.1, 0.15) is 5.75 Å². The molecule has 0 aromatic heterocycles. The predicted octanol–water partition coefficient (Wildman–Crippen LogP) is 3.25. The zero-order valence-electron chi connectivity index (χ0n) is 11.3. The van der Waals surface area contributed by atoms with E-state index in [2.05, 4.69) is 64.7 Å². The number of hydrogen-bond donors (Lipinski definition) is 2.